The lowest BCUT2D eigenvalue weighted by Gasteiger charge is -2.13. The van der Waals surface area contributed by atoms with E-state index in [0.29, 0.717) is 22.6 Å². The van der Waals surface area contributed by atoms with Gasteiger partial charge in [-0.25, -0.2) is 4.68 Å². The summed E-state index contributed by atoms with van der Waals surface area (Å²) in [7, 11) is 0. The monoisotopic (exact) mass is 447 g/mol. The number of benzene rings is 3. The van der Waals surface area contributed by atoms with Crippen LogP contribution in [0.3, 0.4) is 0 Å². The summed E-state index contributed by atoms with van der Waals surface area (Å²) in [5, 5.41) is 16.0. The molecular weight excluding hydrogens is 427 g/mol. The van der Waals surface area contributed by atoms with Gasteiger partial charge in [-0.05, 0) is 60.0 Å². The Balaban J connectivity index is 1.63. The molecule has 5 nitrogen and oxygen atoms in total. The van der Waals surface area contributed by atoms with E-state index in [1.807, 2.05) is 49.4 Å². The number of nitriles is 1. The summed E-state index contributed by atoms with van der Waals surface area (Å²) in [6, 6.07) is 22.7. The van der Waals surface area contributed by atoms with Crippen molar-refractivity contribution >= 4 is 11.4 Å². The first-order chi connectivity index (χ1) is 15.8. The summed E-state index contributed by atoms with van der Waals surface area (Å²) in [5.41, 5.74) is 10.4. The number of hydrogen-bond acceptors (Lipinski definition) is 4. The number of hydrogen-bond donors (Lipinski definition) is 2. The fourth-order valence-corrected chi connectivity index (χ4v) is 3.59. The maximum Gasteiger partial charge on any atom is 0.435 e. The number of nitrogen functional groups attached to an aromatic ring is 1. The van der Waals surface area contributed by atoms with E-state index in [-0.39, 0.29) is 12.2 Å². The molecule has 0 saturated heterocycles. The first-order valence-corrected chi connectivity index (χ1v) is 10.1. The highest BCUT2D eigenvalue weighted by Crippen LogP contribution is 2.32. The van der Waals surface area contributed by atoms with E-state index in [2.05, 4.69) is 10.4 Å². The summed E-state index contributed by atoms with van der Waals surface area (Å²) in [6.45, 7) is 2.06. The van der Waals surface area contributed by atoms with Gasteiger partial charge in [0.05, 0.1) is 40.9 Å². The van der Waals surface area contributed by atoms with Crippen LogP contribution in [0, 0.1) is 18.3 Å². The third kappa shape index (κ3) is 4.67. The Morgan fingerprint density at radius 2 is 1.82 bits per heavy atom. The molecule has 0 spiro atoms. The van der Waals surface area contributed by atoms with Crippen molar-refractivity contribution in [3.63, 3.8) is 0 Å². The highest BCUT2D eigenvalue weighted by atomic mass is 19.4. The minimum absolute atomic E-state index is 0.0494. The SMILES string of the molecule is Cc1ccccc1-c1ccc(NCc2cc(C(F)(F)F)nn2-c2cccc(C#N)c2)c(N)c1. The minimum atomic E-state index is -4.60. The van der Waals surface area contributed by atoms with Crippen LogP contribution >= 0.6 is 0 Å². The van der Waals surface area contributed by atoms with Crippen molar-refractivity contribution in [2.24, 2.45) is 0 Å². The van der Waals surface area contributed by atoms with Crippen LogP contribution in [0.15, 0.2) is 72.8 Å². The first kappa shape index (κ1) is 22.0. The Kier molecular flexibility index (Phi) is 5.80. The fraction of sp³-hybridized carbons (Fsp3) is 0.120. The lowest BCUT2D eigenvalue weighted by molar-refractivity contribution is -0.141. The number of aryl methyl sites for hydroxylation is 1. The zero-order valence-corrected chi connectivity index (χ0v) is 17.7. The van der Waals surface area contributed by atoms with Gasteiger partial charge in [0, 0.05) is 0 Å². The predicted molar refractivity (Wildman–Crippen MR) is 122 cm³/mol. The number of nitrogens with two attached hydrogens (primary N) is 1. The average Bonchev–Trinajstić information content (AvgIpc) is 3.23. The molecule has 3 N–H and O–H groups in total. The molecule has 1 heterocycles. The van der Waals surface area contributed by atoms with Crippen molar-refractivity contribution in [2.75, 3.05) is 11.1 Å². The van der Waals surface area contributed by atoms with Gasteiger partial charge in [-0.2, -0.15) is 23.5 Å². The summed E-state index contributed by atoms with van der Waals surface area (Å²) in [4.78, 5) is 0. The molecule has 0 bridgehead atoms. The second-order valence-electron chi connectivity index (χ2n) is 7.56. The van der Waals surface area contributed by atoms with Gasteiger partial charge in [-0.15, -0.1) is 0 Å². The molecule has 0 saturated carbocycles. The van der Waals surface area contributed by atoms with Crippen LogP contribution in [0.25, 0.3) is 16.8 Å². The number of aromatic nitrogens is 2. The van der Waals surface area contributed by atoms with Gasteiger partial charge in [-0.3, -0.25) is 0 Å². The third-order valence-corrected chi connectivity index (χ3v) is 5.26. The van der Waals surface area contributed by atoms with Gasteiger partial charge in [0.15, 0.2) is 5.69 Å². The standard InChI is InChI=1S/C25H20F3N5/c1-16-5-2-3-8-21(16)18-9-10-23(22(30)12-18)31-15-20-13-24(25(26,27)28)32-33(20)19-7-4-6-17(11-19)14-29/h2-13,31H,15,30H2,1H3. The van der Waals surface area contributed by atoms with Gasteiger partial charge < -0.3 is 11.1 Å². The molecule has 0 aliphatic rings. The number of alkyl halides is 3. The van der Waals surface area contributed by atoms with Crippen LogP contribution in [0.4, 0.5) is 24.5 Å². The largest absolute Gasteiger partial charge is 0.435 e. The first-order valence-electron chi connectivity index (χ1n) is 10.1. The number of nitrogens with zero attached hydrogens (tertiary/aromatic N) is 3. The summed E-state index contributed by atoms with van der Waals surface area (Å²) in [6.07, 6.45) is -4.60. The van der Waals surface area contributed by atoms with Crippen molar-refractivity contribution in [1.29, 1.82) is 5.26 Å². The molecule has 0 fully saturated rings. The van der Waals surface area contributed by atoms with E-state index in [1.54, 1.807) is 24.3 Å². The molecule has 4 aromatic rings. The molecule has 0 amide bonds. The van der Waals surface area contributed by atoms with Crippen molar-refractivity contribution in [1.82, 2.24) is 9.78 Å². The summed E-state index contributed by atoms with van der Waals surface area (Å²) in [5.74, 6) is 0. The van der Waals surface area contributed by atoms with Crippen LogP contribution in [0.1, 0.15) is 22.5 Å². The molecule has 166 valence electrons. The molecule has 33 heavy (non-hydrogen) atoms. The maximum atomic E-state index is 13.3. The van der Waals surface area contributed by atoms with Crippen molar-refractivity contribution in [3.05, 3.63) is 95.3 Å². The van der Waals surface area contributed by atoms with E-state index < -0.39 is 11.9 Å². The van der Waals surface area contributed by atoms with E-state index in [9.17, 15) is 13.2 Å². The number of anilines is 2. The average molecular weight is 447 g/mol. The lowest BCUT2D eigenvalue weighted by atomic mass is 10.00. The Hall–Kier alpha value is -4.25. The smallest absolute Gasteiger partial charge is 0.397 e. The van der Waals surface area contributed by atoms with E-state index in [0.717, 1.165) is 22.8 Å². The second-order valence-corrected chi connectivity index (χ2v) is 7.56. The third-order valence-electron chi connectivity index (χ3n) is 5.26. The molecule has 3 aromatic carbocycles. The number of nitrogens with one attached hydrogen (secondary N) is 1. The van der Waals surface area contributed by atoms with Gasteiger partial charge in [0.1, 0.15) is 0 Å². The van der Waals surface area contributed by atoms with Gasteiger partial charge >= 0.3 is 6.18 Å². The maximum absolute atomic E-state index is 13.3. The number of halogens is 3. The Morgan fingerprint density at radius 1 is 1.03 bits per heavy atom. The van der Waals surface area contributed by atoms with Crippen LogP contribution < -0.4 is 11.1 Å². The fourth-order valence-electron chi connectivity index (χ4n) is 3.59. The van der Waals surface area contributed by atoms with E-state index >= 15 is 0 Å². The molecule has 0 atom stereocenters. The van der Waals surface area contributed by atoms with Crippen LogP contribution in [0.2, 0.25) is 0 Å². The Morgan fingerprint density at radius 3 is 2.52 bits per heavy atom. The van der Waals surface area contributed by atoms with Gasteiger partial charge in [0.25, 0.3) is 0 Å². The minimum Gasteiger partial charge on any atom is -0.397 e. The molecule has 1 aromatic heterocycles. The molecule has 0 aliphatic carbocycles. The van der Waals surface area contributed by atoms with Crippen LogP contribution in [-0.4, -0.2) is 9.78 Å². The second kappa shape index (κ2) is 8.71. The molecule has 0 aliphatic heterocycles. The molecular formula is C25H20F3N5. The van der Waals surface area contributed by atoms with Crippen molar-refractivity contribution in [3.8, 4) is 22.9 Å². The number of rotatable bonds is 5. The van der Waals surface area contributed by atoms with Gasteiger partial charge in [0.2, 0.25) is 0 Å². The molecule has 0 unspecified atom stereocenters. The Bertz CT molecular complexity index is 1350. The Labute approximate surface area is 188 Å². The van der Waals surface area contributed by atoms with E-state index in [1.165, 1.54) is 10.7 Å². The summed E-state index contributed by atoms with van der Waals surface area (Å²) < 4.78 is 41.2. The molecule has 0 radical (unpaired) electrons. The quantitative estimate of drug-likeness (QED) is 0.372. The summed E-state index contributed by atoms with van der Waals surface area (Å²) >= 11 is 0. The molecule has 4 rings (SSSR count). The van der Waals surface area contributed by atoms with E-state index in [4.69, 9.17) is 11.0 Å². The van der Waals surface area contributed by atoms with Gasteiger partial charge in [-0.1, -0.05) is 36.4 Å². The highest BCUT2D eigenvalue weighted by Gasteiger charge is 2.35. The highest BCUT2D eigenvalue weighted by molar-refractivity contribution is 5.77. The topological polar surface area (TPSA) is 79.7 Å². The zero-order valence-electron chi connectivity index (χ0n) is 17.7. The zero-order chi connectivity index (χ0) is 23.6. The normalized spacial score (nSPS) is 11.2. The predicted octanol–water partition coefficient (Wildman–Crippen LogP) is 5.93. The molecule has 8 heteroatoms. The van der Waals surface area contributed by atoms with Crippen LogP contribution in [-0.2, 0) is 12.7 Å². The lowest BCUT2D eigenvalue weighted by Crippen LogP contribution is -2.09. The van der Waals surface area contributed by atoms with Crippen molar-refractivity contribution < 1.29 is 13.2 Å². The van der Waals surface area contributed by atoms with Crippen molar-refractivity contribution in [2.45, 2.75) is 19.6 Å². The van der Waals surface area contributed by atoms with Crippen LogP contribution in [0.5, 0.6) is 0 Å².